The van der Waals surface area contributed by atoms with E-state index in [2.05, 4.69) is 129 Å². The van der Waals surface area contributed by atoms with E-state index in [-0.39, 0.29) is 0 Å². The fraction of sp³-hybridized carbons (Fsp3) is 0. The van der Waals surface area contributed by atoms with Gasteiger partial charge in [0.25, 0.3) is 0 Å². The summed E-state index contributed by atoms with van der Waals surface area (Å²) < 4.78 is 4.58. The van der Waals surface area contributed by atoms with Crippen LogP contribution in [0.4, 0.5) is 5.69 Å². The summed E-state index contributed by atoms with van der Waals surface area (Å²) in [5, 5.41) is 24.9. The SMILES string of the molecule is [C-]#[N+]c1ccccc1-c1ccc2c(c1)c1ccccc1n2-c1cc(C#N)ccc1-c1ccc(-c2nc(-c3ccccc3)nc(-c3ccccc3)n2)cc1-n1c2ccccc2c2cc(-c3ccccc3C#N)ccc21. The number of aromatic nitrogens is 5. The molecule has 0 amide bonds. The summed E-state index contributed by atoms with van der Waals surface area (Å²) in [4.78, 5) is 19.2. The molecule has 0 fully saturated rings. The van der Waals surface area contributed by atoms with E-state index in [1.54, 1.807) is 0 Å². The van der Waals surface area contributed by atoms with Crippen LogP contribution in [0.5, 0.6) is 0 Å². The second-order valence-corrected chi connectivity index (χ2v) is 18.1. The highest BCUT2D eigenvalue weighted by Gasteiger charge is 2.24. The van der Waals surface area contributed by atoms with Crippen LogP contribution in [0.2, 0.25) is 0 Å². The van der Waals surface area contributed by atoms with Crippen molar-refractivity contribution in [3.8, 4) is 91.1 Å². The van der Waals surface area contributed by atoms with Crippen molar-refractivity contribution in [1.82, 2.24) is 24.1 Å². The molecule has 0 aliphatic carbocycles. The molecule has 3 heterocycles. The topological polar surface area (TPSA) is 100 Å². The predicted octanol–water partition coefficient (Wildman–Crippen LogP) is 16.4. The molecule has 3 aromatic heterocycles. The van der Waals surface area contributed by atoms with Gasteiger partial charge < -0.3 is 9.13 Å². The van der Waals surface area contributed by atoms with E-state index in [9.17, 15) is 10.5 Å². The molecule has 8 heteroatoms. The summed E-state index contributed by atoms with van der Waals surface area (Å²) in [5.41, 5.74) is 15.3. The molecule has 0 atom stereocenters. The van der Waals surface area contributed by atoms with Gasteiger partial charge >= 0.3 is 0 Å². The quantitative estimate of drug-likeness (QED) is 0.141. The minimum absolute atomic E-state index is 0.514. The van der Waals surface area contributed by atoms with Gasteiger partial charge in [0.15, 0.2) is 23.2 Å². The van der Waals surface area contributed by atoms with Crippen molar-refractivity contribution in [2.75, 3.05) is 0 Å². The molecular formula is C66H38N8. The van der Waals surface area contributed by atoms with Gasteiger partial charge in [0, 0.05) is 49.4 Å². The first-order valence-electron chi connectivity index (χ1n) is 24.2. The van der Waals surface area contributed by atoms with Crippen LogP contribution in [0, 0.1) is 29.2 Å². The lowest BCUT2D eigenvalue weighted by atomic mass is 9.97. The molecule has 0 saturated carbocycles. The number of rotatable bonds is 8. The molecule has 13 aromatic rings. The highest BCUT2D eigenvalue weighted by molar-refractivity contribution is 6.13. The lowest BCUT2D eigenvalue weighted by Gasteiger charge is -2.20. The Morgan fingerprint density at radius 2 is 0.811 bits per heavy atom. The molecule has 0 aliphatic rings. The van der Waals surface area contributed by atoms with Gasteiger partial charge in [-0.05, 0) is 82.9 Å². The fourth-order valence-corrected chi connectivity index (χ4v) is 10.5. The van der Waals surface area contributed by atoms with Crippen molar-refractivity contribution in [2.24, 2.45) is 0 Å². The minimum Gasteiger partial charge on any atom is -0.309 e. The highest BCUT2D eigenvalue weighted by Crippen LogP contribution is 2.44. The van der Waals surface area contributed by atoms with E-state index in [4.69, 9.17) is 21.5 Å². The van der Waals surface area contributed by atoms with E-state index in [0.717, 1.165) is 105 Å². The Balaban J connectivity index is 1.10. The molecule has 8 nitrogen and oxygen atoms in total. The summed E-state index contributed by atoms with van der Waals surface area (Å²) in [6.45, 7) is 7.93. The molecule has 0 spiro atoms. The predicted molar refractivity (Wildman–Crippen MR) is 297 cm³/mol. The second-order valence-electron chi connectivity index (χ2n) is 18.1. The third-order valence-electron chi connectivity index (χ3n) is 13.9. The van der Waals surface area contributed by atoms with Crippen molar-refractivity contribution in [2.45, 2.75) is 0 Å². The second kappa shape index (κ2) is 17.9. The molecule has 0 N–H and O–H groups in total. The number of hydrogen-bond acceptors (Lipinski definition) is 5. The zero-order valence-corrected chi connectivity index (χ0v) is 39.5. The Kier molecular flexibility index (Phi) is 10.5. The largest absolute Gasteiger partial charge is 0.309 e. The first kappa shape index (κ1) is 43.3. The molecule has 0 unspecified atom stereocenters. The summed E-state index contributed by atoms with van der Waals surface area (Å²) in [5.74, 6) is 1.63. The Labute approximate surface area is 426 Å². The number of hydrogen-bond donors (Lipinski definition) is 0. The van der Waals surface area contributed by atoms with E-state index in [1.807, 2.05) is 127 Å². The van der Waals surface area contributed by atoms with Crippen LogP contribution in [-0.2, 0) is 0 Å². The lowest BCUT2D eigenvalue weighted by molar-refractivity contribution is 1.07. The number of benzene rings is 10. The Morgan fingerprint density at radius 1 is 0.351 bits per heavy atom. The summed E-state index contributed by atoms with van der Waals surface area (Å²) in [6, 6.07) is 82.2. The van der Waals surface area contributed by atoms with E-state index >= 15 is 0 Å². The van der Waals surface area contributed by atoms with Crippen LogP contribution in [0.25, 0.3) is 127 Å². The monoisotopic (exact) mass is 942 g/mol. The zero-order chi connectivity index (χ0) is 49.7. The van der Waals surface area contributed by atoms with E-state index in [1.165, 1.54) is 0 Å². The number of nitrogens with zero attached hydrogens (tertiary/aromatic N) is 8. The molecule has 0 bridgehead atoms. The summed E-state index contributed by atoms with van der Waals surface area (Å²) >= 11 is 0. The van der Waals surface area contributed by atoms with Crippen LogP contribution in [0.3, 0.4) is 0 Å². The Morgan fingerprint density at radius 3 is 1.39 bits per heavy atom. The molecule has 0 saturated heterocycles. The van der Waals surface area contributed by atoms with Crippen molar-refractivity contribution >= 4 is 49.3 Å². The van der Waals surface area contributed by atoms with Gasteiger partial charge in [-0.2, -0.15) is 10.5 Å². The maximum absolute atomic E-state index is 10.6. The highest BCUT2D eigenvalue weighted by atomic mass is 15.0. The van der Waals surface area contributed by atoms with Gasteiger partial charge in [0.05, 0.1) is 63.3 Å². The van der Waals surface area contributed by atoms with Gasteiger partial charge in [-0.1, -0.05) is 170 Å². The van der Waals surface area contributed by atoms with Crippen LogP contribution in [-0.4, -0.2) is 24.1 Å². The van der Waals surface area contributed by atoms with Gasteiger partial charge in [0.2, 0.25) is 0 Å². The van der Waals surface area contributed by atoms with Crippen LogP contribution in [0.1, 0.15) is 11.1 Å². The van der Waals surface area contributed by atoms with Crippen molar-refractivity contribution in [3.05, 3.63) is 253 Å². The summed E-state index contributed by atoms with van der Waals surface area (Å²) in [7, 11) is 0. The number of para-hydroxylation sites is 3. The standard InChI is InChI=1S/C66H38N8/c1-69-57-25-13-10-22-50(57)46-31-35-60-56(38-46)52-24-11-14-26-58(52)73(60)62-36-42(40-67)28-32-53(62)54-33-29-47(66-71-64(43-16-4-2-5-17-43)70-65(72-66)44-18-6-3-7-19-44)39-63(54)74-59-27-15-12-23-51(59)55-37-45(30-34-61(55)74)49-21-9-8-20-48(49)41-68/h2-39H. The van der Waals surface area contributed by atoms with Crippen LogP contribution >= 0.6 is 0 Å². The summed E-state index contributed by atoms with van der Waals surface area (Å²) in [6.07, 6.45) is 0. The van der Waals surface area contributed by atoms with Crippen LogP contribution < -0.4 is 0 Å². The normalized spacial score (nSPS) is 11.2. The van der Waals surface area contributed by atoms with E-state index < -0.39 is 0 Å². The smallest absolute Gasteiger partial charge is 0.194 e. The third-order valence-corrected chi connectivity index (χ3v) is 13.9. The van der Waals surface area contributed by atoms with Gasteiger partial charge in [-0.3, -0.25) is 0 Å². The number of fused-ring (bicyclic) bond motifs is 6. The first-order valence-corrected chi connectivity index (χ1v) is 24.2. The third kappa shape index (κ3) is 7.25. The van der Waals surface area contributed by atoms with Crippen molar-refractivity contribution < 1.29 is 0 Å². The zero-order valence-electron chi connectivity index (χ0n) is 39.5. The first-order chi connectivity index (χ1) is 36.6. The van der Waals surface area contributed by atoms with Crippen molar-refractivity contribution in [1.29, 1.82) is 10.5 Å². The average Bonchev–Trinajstić information content (AvgIpc) is 4.01. The van der Waals surface area contributed by atoms with Gasteiger partial charge in [0.1, 0.15) is 0 Å². The van der Waals surface area contributed by atoms with Crippen molar-refractivity contribution in [3.63, 3.8) is 0 Å². The molecule has 10 aromatic carbocycles. The maximum Gasteiger partial charge on any atom is 0.194 e. The fourth-order valence-electron chi connectivity index (χ4n) is 10.5. The molecule has 74 heavy (non-hydrogen) atoms. The van der Waals surface area contributed by atoms with Crippen LogP contribution in [0.15, 0.2) is 231 Å². The minimum atomic E-state index is 0.514. The molecule has 0 radical (unpaired) electrons. The molecule has 0 aliphatic heterocycles. The van der Waals surface area contributed by atoms with E-state index in [0.29, 0.717) is 34.3 Å². The average molecular weight is 943 g/mol. The van der Waals surface area contributed by atoms with Gasteiger partial charge in [-0.25, -0.2) is 19.8 Å². The van der Waals surface area contributed by atoms with Gasteiger partial charge in [-0.15, -0.1) is 0 Å². The number of nitriles is 2. The Hall–Kier alpha value is -10.7. The molecular weight excluding hydrogens is 905 g/mol. The lowest BCUT2D eigenvalue weighted by Crippen LogP contribution is -2.04. The molecule has 13 rings (SSSR count). The Bertz CT molecular complexity index is 4470. The molecule has 342 valence electrons. The maximum atomic E-state index is 10.6.